The quantitative estimate of drug-likeness (QED) is 0.835. The molecule has 1 aromatic rings. The monoisotopic (exact) mass is 261 g/mol. The minimum atomic E-state index is 0.589. The van der Waals surface area contributed by atoms with Gasteiger partial charge in [0.15, 0.2) is 0 Å². The highest BCUT2D eigenvalue weighted by Crippen LogP contribution is 2.27. The van der Waals surface area contributed by atoms with Crippen molar-refractivity contribution >= 4 is 5.82 Å². The summed E-state index contributed by atoms with van der Waals surface area (Å²) in [4.78, 5) is 11.0. The number of aromatic nitrogens is 2. The molecule has 2 aliphatic rings. The molecule has 1 aromatic heterocycles. The second-order valence-electron chi connectivity index (χ2n) is 5.89. The molecule has 3 heterocycles. The number of anilines is 1. The van der Waals surface area contributed by atoms with Crippen LogP contribution in [-0.4, -0.2) is 35.6 Å². The average Bonchev–Trinajstić information content (AvgIpc) is 2.85. The van der Waals surface area contributed by atoms with Crippen LogP contribution in [0.3, 0.4) is 0 Å². The van der Waals surface area contributed by atoms with Crippen LogP contribution in [-0.2, 0) is 0 Å². The first-order chi connectivity index (χ1) is 9.24. The molecule has 0 amide bonds. The molecule has 0 aromatic carbocycles. The van der Waals surface area contributed by atoms with E-state index < -0.39 is 0 Å². The Labute approximate surface area is 114 Å². The molecule has 19 heavy (non-hydrogen) atoms. The van der Waals surface area contributed by atoms with E-state index in [9.17, 15) is 0 Å². The van der Waals surface area contributed by atoms with Crippen LogP contribution in [0.15, 0.2) is 12.4 Å². The van der Waals surface area contributed by atoms with E-state index in [1.54, 1.807) is 6.33 Å². The van der Waals surface area contributed by atoms with Crippen LogP contribution in [0.2, 0.25) is 0 Å². The van der Waals surface area contributed by atoms with Crippen molar-refractivity contribution in [3.63, 3.8) is 0 Å². The van der Waals surface area contributed by atoms with Gasteiger partial charge >= 0.3 is 0 Å². The molecule has 0 saturated carbocycles. The maximum atomic E-state index is 4.42. The van der Waals surface area contributed by atoms with Crippen LogP contribution in [0.25, 0.3) is 0 Å². The minimum Gasteiger partial charge on any atom is -0.356 e. The zero-order valence-corrected chi connectivity index (χ0v) is 11.8. The summed E-state index contributed by atoms with van der Waals surface area (Å²) in [6.45, 7) is 7.64. The Balaban J connectivity index is 1.71. The molecule has 2 fully saturated rings. The smallest absolute Gasteiger partial charge is 0.132 e. The summed E-state index contributed by atoms with van der Waals surface area (Å²) < 4.78 is 0. The lowest BCUT2D eigenvalue weighted by molar-refractivity contribution is 0.285. The lowest BCUT2D eigenvalue weighted by Crippen LogP contribution is -2.46. The molecular formula is C14H23N5. The van der Waals surface area contributed by atoms with Gasteiger partial charge in [-0.15, -0.1) is 0 Å². The van der Waals surface area contributed by atoms with E-state index >= 15 is 0 Å². The van der Waals surface area contributed by atoms with E-state index in [0.717, 1.165) is 31.1 Å². The van der Waals surface area contributed by atoms with Crippen LogP contribution in [0, 0.1) is 18.8 Å². The van der Waals surface area contributed by atoms with Crippen molar-refractivity contribution in [2.45, 2.75) is 32.7 Å². The Hall–Kier alpha value is -1.20. The number of hydrogen-bond acceptors (Lipinski definition) is 5. The van der Waals surface area contributed by atoms with Gasteiger partial charge in [-0.2, -0.15) is 0 Å². The topological polar surface area (TPSA) is 53.1 Å². The van der Waals surface area contributed by atoms with Crippen LogP contribution >= 0.6 is 0 Å². The maximum absolute atomic E-state index is 4.42. The Morgan fingerprint density at radius 2 is 2.26 bits per heavy atom. The number of hydrogen-bond donors (Lipinski definition) is 2. The second-order valence-corrected chi connectivity index (χ2v) is 5.89. The van der Waals surface area contributed by atoms with Crippen molar-refractivity contribution in [1.82, 2.24) is 20.8 Å². The van der Waals surface area contributed by atoms with Crippen molar-refractivity contribution in [3.05, 3.63) is 18.1 Å². The highest BCUT2D eigenvalue weighted by atomic mass is 15.4. The van der Waals surface area contributed by atoms with Crippen molar-refractivity contribution in [2.75, 3.05) is 24.5 Å². The van der Waals surface area contributed by atoms with Crippen molar-refractivity contribution in [1.29, 1.82) is 0 Å². The molecule has 2 aliphatic heterocycles. The predicted octanol–water partition coefficient (Wildman–Crippen LogP) is 1.11. The van der Waals surface area contributed by atoms with E-state index in [2.05, 4.69) is 38.7 Å². The summed E-state index contributed by atoms with van der Waals surface area (Å²) in [5, 5.41) is 0. The van der Waals surface area contributed by atoms with Crippen molar-refractivity contribution in [2.24, 2.45) is 11.8 Å². The molecule has 104 valence electrons. The van der Waals surface area contributed by atoms with Gasteiger partial charge in [0.2, 0.25) is 0 Å². The maximum Gasteiger partial charge on any atom is 0.132 e. The van der Waals surface area contributed by atoms with Crippen molar-refractivity contribution in [3.8, 4) is 0 Å². The van der Waals surface area contributed by atoms with E-state index in [1.807, 2.05) is 6.92 Å². The van der Waals surface area contributed by atoms with Crippen LogP contribution < -0.4 is 15.8 Å². The molecular weight excluding hydrogens is 238 g/mol. The molecule has 0 aliphatic carbocycles. The molecule has 3 atom stereocenters. The predicted molar refractivity (Wildman–Crippen MR) is 75.8 cm³/mol. The van der Waals surface area contributed by atoms with Crippen molar-refractivity contribution < 1.29 is 0 Å². The lowest BCUT2D eigenvalue weighted by atomic mass is 9.85. The standard InChI is InChI=1S/C14H23N5/c1-10-7-17-18-14(10)12-4-3-5-19(8-12)13-6-11(2)15-9-16-13/h6,9-10,12,14,17-18H,3-5,7-8H2,1-2H3. The highest BCUT2D eigenvalue weighted by Gasteiger charge is 2.33. The Morgan fingerprint density at radius 3 is 3.00 bits per heavy atom. The number of hydrazine groups is 1. The first-order valence-electron chi connectivity index (χ1n) is 7.26. The third-order valence-corrected chi connectivity index (χ3v) is 4.38. The molecule has 5 nitrogen and oxygen atoms in total. The summed E-state index contributed by atoms with van der Waals surface area (Å²) in [5.74, 6) is 2.49. The van der Waals surface area contributed by atoms with Gasteiger partial charge in [0.05, 0.1) is 0 Å². The second kappa shape index (κ2) is 5.43. The van der Waals surface area contributed by atoms with E-state index in [0.29, 0.717) is 17.9 Å². The van der Waals surface area contributed by atoms with Gasteiger partial charge in [-0.25, -0.2) is 9.97 Å². The van der Waals surface area contributed by atoms with E-state index in [4.69, 9.17) is 0 Å². The number of rotatable bonds is 2. The third-order valence-electron chi connectivity index (χ3n) is 4.38. The minimum absolute atomic E-state index is 0.589. The Morgan fingerprint density at radius 1 is 1.37 bits per heavy atom. The molecule has 2 saturated heterocycles. The first kappa shape index (κ1) is 12.8. The fourth-order valence-corrected chi connectivity index (χ4v) is 3.31. The molecule has 3 rings (SSSR count). The largest absolute Gasteiger partial charge is 0.356 e. The van der Waals surface area contributed by atoms with E-state index in [-0.39, 0.29) is 0 Å². The van der Waals surface area contributed by atoms with Gasteiger partial charge in [-0.1, -0.05) is 6.92 Å². The van der Waals surface area contributed by atoms with Crippen LogP contribution in [0.5, 0.6) is 0 Å². The van der Waals surface area contributed by atoms with Gasteiger partial charge in [0.25, 0.3) is 0 Å². The number of nitrogens with one attached hydrogen (secondary N) is 2. The molecule has 3 unspecified atom stereocenters. The molecule has 2 N–H and O–H groups in total. The first-order valence-corrected chi connectivity index (χ1v) is 7.26. The van der Waals surface area contributed by atoms with Crippen LogP contribution in [0.4, 0.5) is 5.82 Å². The number of aryl methyl sites for hydroxylation is 1. The summed E-state index contributed by atoms with van der Waals surface area (Å²) in [6, 6.07) is 2.68. The SMILES string of the molecule is Cc1cc(N2CCCC(C3NNCC3C)C2)ncn1. The summed E-state index contributed by atoms with van der Waals surface area (Å²) in [7, 11) is 0. The molecule has 0 radical (unpaired) electrons. The summed E-state index contributed by atoms with van der Waals surface area (Å²) in [6.07, 6.45) is 4.23. The third kappa shape index (κ3) is 2.72. The van der Waals surface area contributed by atoms with E-state index in [1.165, 1.54) is 12.8 Å². The molecule has 5 heteroatoms. The zero-order valence-electron chi connectivity index (χ0n) is 11.8. The zero-order chi connectivity index (χ0) is 13.2. The number of nitrogens with zero attached hydrogens (tertiary/aromatic N) is 3. The number of piperidine rings is 1. The Kier molecular flexibility index (Phi) is 3.66. The highest BCUT2D eigenvalue weighted by molar-refractivity contribution is 5.39. The summed E-state index contributed by atoms with van der Waals surface area (Å²) >= 11 is 0. The normalized spacial score (nSPS) is 31.7. The molecule has 0 spiro atoms. The summed E-state index contributed by atoms with van der Waals surface area (Å²) in [5.41, 5.74) is 7.78. The fraction of sp³-hybridized carbons (Fsp3) is 0.714. The van der Waals surface area contributed by atoms with Gasteiger partial charge in [0.1, 0.15) is 12.1 Å². The van der Waals surface area contributed by atoms with Gasteiger partial charge < -0.3 is 4.90 Å². The van der Waals surface area contributed by atoms with Gasteiger partial charge in [-0.05, 0) is 31.6 Å². The van der Waals surface area contributed by atoms with Crippen LogP contribution in [0.1, 0.15) is 25.5 Å². The fourth-order valence-electron chi connectivity index (χ4n) is 3.31. The average molecular weight is 261 g/mol. The van der Waals surface area contributed by atoms with Gasteiger partial charge in [-0.3, -0.25) is 10.9 Å². The lowest BCUT2D eigenvalue weighted by Gasteiger charge is -2.37. The Bertz CT molecular complexity index is 436. The molecule has 0 bridgehead atoms. The van der Waals surface area contributed by atoms with Gasteiger partial charge in [0, 0.05) is 37.4 Å².